The number of aromatic nitrogens is 2. The molecule has 1 atom stereocenters. The Hall–Kier alpha value is -2.51. The van der Waals surface area contributed by atoms with Crippen molar-refractivity contribution in [3.05, 3.63) is 41.7 Å². The van der Waals surface area contributed by atoms with Crippen molar-refractivity contribution in [3.63, 3.8) is 0 Å². The van der Waals surface area contributed by atoms with Crippen LogP contribution in [0.15, 0.2) is 30.5 Å². The van der Waals surface area contributed by atoms with Crippen molar-refractivity contribution < 1.29 is 22.6 Å². The van der Waals surface area contributed by atoms with E-state index in [4.69, 9.17) is 9.47 Å². The second-order valence-electron chi connectivity index (χ2n) is 4.74. The monoisotopic (exact) mass is 327 g/mol. The van der Waals surface area contributed by atoms with Gasteiger partial charge in [-0.15, -0.1) is 0 Å². The molecule has 5 nitrogen and oxygen atoms in total. The summed E-state index contributed by atoms with van der Waals surface area (Å²) in [6.07, 6.45) is -3.45. The van der Waals surface area contributed by atoms with Crippen molar-refractivity contribution in [2.24, 2.45) is 0 Å². The van der Waals surface area contributed by atoms with Gasteiger partial charge in [0.1, 0.15) is 17.2 Å². The normalized spacial score (nSPS) is 12.6. The molecule has 0 saturated carbocycles. The molecule has 0 saturated heterocycles. The molecule has 2 aromatic rings. The fourth-order valence-electron chi connectivity index (χ4n) is 2.04. The van der Waals surface area contributed by atoms with Crippen LogP contribution in [0.2, 0.25) is 0 Å². The number of ether oxygens (including phenoxy) is 2. The molecule has 0 amide bonds. The summed E-state index contributed by atoms with van der Waals surface area (Å²) in [6.45, 7) is 1.76. The molecule has 0 fully saturated rings. The van der Waals surface area contributed by atoms with Crippen LogP contribution in [-0.4, -0.2) is 24.2 Å². The van der Waals surface area contributed by atoms with Gasteiger partial charge in [-0.05, 0) is 31.2 Å². The predicted octanol–water partition coefficient (Wildman–Crippen LogP) is 3.69. The number of hydrogen-bond acceptors (Lipinski definition) is 5. The maximum absolute atomic E-state index is 12.7. The number of halogens is 3. The molecule has 124 valence electrons. The molecule has 0 spiro atoms. The number of rotatable bonds is 5. The predicted molar refractivity (Wildman–Crippen MR) is 78.6 cm³/mol. The van der Waals surface area contributed by atoms with Crippen LogP contribution in [-0.2, 0) is 6.18 Å². The largest absolute Gasteiger partial charge is 0.497 e. The summed E-state index contributed by atoms with van der Waals surface area (Å²) in [5.41, 5.74) is -0.285. The summed E-state index contributed by atoms with van der Waals surface area (Å²) in [5, 5.41) is 2.84. The van der Waals surface area contributed by atoms with E-state index in [2.05, 4.69) is 15.3 Å². The third-order valence-corrected chi connectivity index (χ3v) is 3.19. The van der Waals surface area contributed by atoms with Gasteiger partial charge >= 0.3 is 6.18 Å². The van der Waals surface area contributed by atoms with Gasteiger partial charge < -0.3 is 14.8 Å². The SMILES string of the molecule is COc1ccc(OC)c([C@@H](C)Nc2nccc(C(F)(F)F)n2)c1. The summed E-state index contributed by atoms with van der Waals surface area (Å²) in [6, 6.07) is 5.63. The maximum Gasteiger partial charge on any atom is 0.433 e. The molecular weight excluding hydrogens is 311 g/mol. The highest BCUT2D eigenvalue weighted by molar-refractivity contribution is 5.45. The molecule has 1 aromatic heterocycles. The van der Waals surface area contributed by atoms with Gasteiger partial charge in [0.05, 0.1) is 20.3 Å². The molecule has 1 aromatic carbocycles. The zero-order valence-corrected chi connectivity index (χ0v) is 12.8. The minimum absolute atomic E-state index is 0.114. The smallest absolute Gasteiger partial charge is 0.433 e. The van der Waals surface area contributed by atoms with Gasteiger partial charge in [-0.25, -0.2) is 9.97 Å². The van der Waals surface area contributed by atoms with E-state index in [1.54, 1.807) is 25.1 Å². The van der Waals surface area contributed by atoms with E-state index in [9.17, 15) is 13.2 Å². The molecule has 0 aliphatic rings. The van der Waals surface area contributed by atoms with E-state index in [1.807, 2.05) is 0 Å². The third kappa shape index (κ3) is 4.02. The van der Waals surface area contributed by atoms with Crippen molar-refractivity contribution in [2.75, 3.05) is 19.5 Å². The standard InChI is InChI=1S/C15H16F3N3O2/c1-9(11-8-10(22-2)4-5-12(11)23-3)20-14-19-7-6-13(21-14)15(16,17)18/h4-9H,1-3H3,(H,19,20,21)/t9-/m1/s1. The molecule has 0 aliphatic carbocycles. The Morgan fingerprint density at radius 3 is 2.48 bits per heavy atom. The second-order valence-corrected chi connectivity index (χ2v) is 4.74. The summed E-state index contributed by atoms with van der Waals surface area (Å²) in [7, 11) is 3.04. The van der Waals surface area contributed by atoms with Gasteiger partial charge in [0.2, 0.25) is 5.95 Å². The summed E-state index contributed by atoms with van der Waals surface area (Å²) in [4.78, 5) is 7.31. The maximum atomic E-state index is 12.7. The third-order valence-electron chi connectivity index (χ3n) is 3.19. The minimum Gasteiger partial charge on any atom is -0.497 e. The van der Waals surface area contributed by atoms with Crippen LogP contribution in [0, 0.1) is 0 Å². The zero-order valence-electron chi connectivity index (χ0n) is 12.8. The minimum atomic E-state index is -4.52. The fraction of sp³-hybridized carbons (Fsp3) is 0.333. The van der Waals surface area contributed by atoms with Gasteiger partial charge in [-0.2, -0.15) is 13.2 Å². The average molecular weight is 327 g/mol. The van der Waals surface area contributed by atoms with Crippen LogP contribution in [0.25, 0.3) is 0 Å². The Morgan fingerprint density at radius 2 is 1.87 bits per heavy atom. The molecule has 2 rings (SSSR count). The van der Waals surface area contributed by atoms with E-state index in [1.165, 1.54) is 14.2 Å². The Bertz CT molecular complexity index is 677. The summed E-state index contributed by atoms with van der Waals surface area (Å²) >= 11 is 0. The first-order valence-electron chi connectivity index (χ1n) is 6.74. The number of hydrogen-bond donors (Lipinski definition) is 1. The van der Waals surface area contributed by atoms with Gasteiger partial charge in [0, 0.05) is 11.8 Å². The van der Waals surface area contributed by atoms with Crippen LogP contribution in [0.3, 0.4) is 0 Å². The quantitative estimate of drug-likeness (QED) is 0.908. The molecule has 0 radical (unpaired) electrons. The number of benzene rings is 1. The lowest BCUT2D eigenvalue weighted by Gasteiger charge is -2.18. The van der Waals surface area contributed by atoms with Gasteiger partial charge in [-0.1, -0.05) is 0 Å². The van der Waals surface area contributed by atoms with Crippen molar-refractivity contribution in [1.82, 2.24) is 9.97 Å². The topological polar surface area (TPSA) is 56.3 Å². The highest BCUT2D eigenvalue weighted by atomic mass is 19.4. The van der Waals surface area contributed by atoms with Crippen LogP contribution in [0.1, 0.15) is 24.2 Å². The van der Waals surface area contributed by atoms with Crippen molar-refractivity contribution in [1.29, 1.82) is 0 Å². The van der Waals surface area contributed by atoms with Crippen LogP contribution in [0.5, 0.6) is 11.5 Å². The molecule has 0 aliphatic heterocycles. The number of nitrogens with one attached hydrogen (secondary N) is 1. The molecule has 0 unspecified atom stereocenters. The molecule has 1 heterocycles. The van der Waals surface area contributed by atoms with E-state index in [0.29, 0.717) is 17.1 Å². The highest BCUT2D eigenvalue weighted by Gasteiger charge is 2.32. The Labute approximate surface area is 131 Å². The fourth-order valence-corrected chi connectivity index (χ4v) is 2.04. The number of methoxy groups -OCH3 is 2. The van der Waals surface area contributed by atoms with Crippen molar-refractivity contribution in [3.8, 4) is 11.5 Å². The van der Waals surface area contributed by atoms with E-state index in [0.717, 1.165) is 12.3 Å². The second kappa shape index (κ2) is 6.72. The summed E-state index contributed by atoms with van der Waals surface area (Å²) in [5.74, 6) is 1.08. The van der Waals surface area contributed by atoms with Gasteiger partial charge in [0.15, 0.2) is 0 Å². The van der Waals surface area contributed by atoms with E-state index < -0.39 is 11.9 Å². The lowest BCUT2D eigenvalue weighted by Crippen LogP contribution is -2.14. The Morgan fingerprint density at radius 1 is 1.13 bits per heavy atom. The number of nitrogens with zero attached hydrogens (tertiary/aromatic N) is 2. The van der Waals surface area contributed by atoms with E-state index in [-0.39, 0.29) is 12.0 Å². The van der Waals surface area contributed by atoms with Gasteiger partial charge in [0.25, 0.3) is 0 Å². The first-order valence-corrected chi connectivity index (χ1v) is 6.74. The lowest BCUT2D eigenvalue weighted by atomic mass is 10.1. The van der Waals surface area contributed by atoms with Crippen LogP contribution >= 0.6 is 0 Å². The molecular formula is C15H16F3N3O2. The van der Waals surface area contributed by atoms with Crippen LogP contribution < -0.4 is 14.8 Å². The number of anilines is 1. The average Bonchev–Trinajstić information content (AvgIpc) is 2.53. The lowest BCUT2D eigenvalue weighted by molar-refractivity contribution is -0.141. The van der Waals surface area contributed by atoms with Crippen LogP contribution in [0.4, 0.5) is 19.1 Å². The Balaban J connectivity index is 2.27. The van der Waals surface area contributed by atoms with Crippen molar-refractivity contribution >= 4 is 5.95 Å². The van der Waals surface area contributed by atoms with Gasteiger partial charge in [-0.3, -0.25) is 0 Å². The molecule has 23 heavy (non-hydrogen) atoms. The van der Waals surface area contributed by atoms with E-state index >= 15 is 0 Å². The van der Waals surface area contributed by atoms with Crippen molar-refractivity contribution in [2.45, 2.75) is 19.1 Å². The first kappa shape index (κ1) is 16.9. The first-order chi connectivity index (χ1) is 10.8. The zero-order chi connectivity index (χ0) is 17.0. The molecule has 0 bridgehead atoms. The Kier molecular flexibility index (Phi) is 4.92. The molecule has 1 N–H and O–H groups in total. The molecule has 8 heteroatoms. The number of alkyl halides is 3. The highest BCUT2D eigenvalue weighted by Crippen LogP contribution is 2.31. The summed E-state index contributed by atoms with van der Waals surface area (Å²) < 4.78 is 48.5.